The zero-order valence-corrected chi connectivity index (χ0v) is 13.9. The van der Waals surface area contributed by atoms with E-state index in [4.69, 9.17) is 0 Å². The highest BCUT2D eigenvalue weighted by Crippen LogP contribution is 2.22. The minimum Gasteiger partial charge on any atom is -0.391 e. The summed E-state index contributed by atoms with van der Waals surface area (Å²) in [5.74, 6) is 0.932. The average Bonchev–Trinajstić information content (AvgIpc) is 3.06. The first-order valence-electron chi connectivity index (χ1n) is 7.91. The Bertz CT molecular complexity index is 638. The molecule has 2 aromatic heterocycles. The van der Waals surface area contributed by atoms with Gasteiger partial charge in [-0.1, -0.05) is 0 Å². The summed E-state index contributed by atoms with van der Waals surface area (Å²) in [6.45, 7) is 4.30. The van der Waals surface area contributed by atoms with Crippen molar-refractivity contribution in [2.45, 2.75) is 26.0 Å². The van der Waals surface area contributed by atoms with Crippen molar-refractivity contribution in [2.75, 3.05) is 32.1 Å². The third kappa shape index (κ3) is 3.86. The first-order chi connectivity index (χ1) is 11.0. The SMILES string of the molecule is Cc1cc(C[C@@H]2CN(Cc3cnc(N(C)C)nc3)C[C@H]2O)n[nH]1. The zero-order valence-electron chi connectivity index (χ0n) is 13.9. The molecular formula is C16H24N6O. The maximum absolute atomic E-state index is 10.3. The molecular weight excluding hydrogens is 292 g/mol. The Kier molecular flexibility index (Phi) is 4.58. The maximum Gasteiger partial charge on any atom is 0.224 e. The number of likely N-dealkylation sites (tertiary alicyclic amines) is 1. The number of β-amino-alcohol motifs (C(OH)–C–C–N with tert-alkyl or cyclic N) is 1. The van der Waals surface area contributed by atoms with Gasteiger partial charge in [-0.25, -0.2) is 9.97 Å². The minimum absolute atomic E-state index is 0.222. The number of aliphatic hydroxyl groups is 1. The van der Waals surface area contributed by atoms with Gasteiger partial charge in [-0.3, -0.25) is 10.00 Å². The Labute approximate surface area is 136 Å². The van der Waals surface area contributed by atoms with Crippen LogP contribution in [0.1, 0.15) is 17.0 Å². The van der Waals surface area contributed by atoms with Gasteiger partial charge in [-0.15, -0.1) is 0 Å². The number of aryl methyl sites for hydroxylation is 1. The second-order valence-electron chi connectivity index (χ2n) is 6.55. The van der Waals surface area contributed by atoms with Crippen LogP contribution in [0.5, 0.6) is 0 Å². The molecule has 0 spiro atoms. The third-order valence-electron chi connectivity index (χ3n) is 4.21. The zero-order chi connectivity index (χ0) is 16.4. The van der Waals surface area contributed by atoms with E-state index in [9.17, 15) is 5.11 Å². The van der Waals surface area contributed by atoms with Gasteiger partial charge >= 0.3 is 0 Å². The predicted octanol–water partition coefficient (Wildman–Crippen LogP) is 0.610. The first kappa shape index (κ1) is 15.9. The molecule has 3 rings (SSSR count). The van der Waals surface area contributed by atoms with E-state index in [0.717, 1.165) is 36.5 Å². The van der Waals surface area contributed by atoms with Crippen LogP contribution in [-0.4, -0.2) is 63.5 Å². The van der Waals surface area contributed by atoms with Crippen LogP contribution in [0.2, 0.25) is 0 Å². The summed E-state index contributed by atoms with van der Waals surface area (Å²) in [6, 6.07) is 2.04. The lowest BCUT2D eigenvalue weighted by Gasteiger charge is -2.16. The van der Waals surface area contributed by atoms with Gasteiger partial charge in [0.15, 0.2) is 0 Å². The fraction of sp³-hybridized carbons (Fsp3) is 0.562. The van der Waals surface area contributed by atoms with E-state index in [1.807, 2.05) is 44.4 Å². The fourth-order valence-electron chi connectivity index (χ4n) is 3.04. The summed E-state index contributed by atoms with van der Waals surface area (Å²) in [6.07, 6.45) is 4.21. The number of rotatable bonds is 5. The average molecular weight is 316 g/mol. The molecule has 0 saturated carbocycles. The van der Waals surface area contributed by atoms with Crippen LogP contribution in [0, 0.1) is 12.8 Å². The third-order valence-corrected chi connectivity index (χ3v) is 4.21. The Hall–Kier alpha value is -1.99. The summed E-state index contributed by atoms with van der Waals surface area (Å²) in [5.41, 5.74) is 3.15. The van der Waals surface area contributed by atoms with Crippen molar-refractivity contribution in [1.82, 2.24) is 25.1 Å². The van der Waals surface area contributed by atoms with Gasteiger partial charge in [-0.05, 0) is 19.4 Å². The van der Waals surface area contributed by atoms with Crippen molar-refractivity contribution >= 4 is 5.95 Å². The molecule has 1 saturated heterocycles. The summed E-state index contributed by atoms with van der Waals surface area (Å²) in [5, 5.41) is 17.5. The summed E-state index contributed by atoms with van der Waals surface area (Å²) < 4.78 is 0. The standard InChI is InChI=1S/C16H24N6O/c1-11-4-14(20-19-11)5-13-9-22(10-15(13)23)8-12-6-17-16(18-7-12)21(2)3/h4,6-7,13,15,23H,5,8-10H2,1-3H3,(H,19,20)/t13-,15-/m1/s1. The Balaban J connectivity index is 1.57. The van der Waals surface area contributed by atoms with Gasteiger partial charge < -0.3 is 10.0 Å². The van der Waals surface area contributed by atoms with E-state index in [-0.39, 0.29) is 12.0 Å². The van der Waals surface area contributed by atoms with Crippen LogP contribution in [0.25, 0.3) is 0 Å². The molecule has 1 fully saturated rings. The van der Waals surface area contributed by atoms with Crippen molar-refractivity contribution in [3.8, 4) is 0 Å². The number of nitrogens with one attached hydrogen (secondary N) is 1. The summed E-state index contributed by atoms with van der Waals surface area (Å²) in [7, 11) is 3.85. The lowest BCUT2D eigenvalue weighted by molar-refractivity contribution is 0.140. The molecule has 0 bridgehead atoms. The van der Waals surface area contributed by atoms with Crippen molar-refractivity contribution in [2.24, 2.45) is 5.92 Å². The van der Waals surface area contributed by atoms with Gasteiger partial charge in [0.1, 0.15) is 0 Å². The Morgan fingerprint density at radius 1 is 1.30 bits per heavy atom. The van der Waals surface area contributed by atoms with Gasteiger partial charge in [0.2, 0.25) is 5.95 Å². The smallest absolute Gasteiger partial charge is 0.224 e. The van der Waals surface area contributed by atoms with Crippen molar-refractivity contribution in [3.63, 3.8) is 0 Å². The Morgan fingerprint density at radius 3 is 2.65 bits per heavy atom. The second kappa shape index (κ2) is 6.64. The molecule has 0 unspecified atom stereocenters. The van der Waals surface area contributed by atoms with Crippen LogP contribution < -0.4 is 4.90 Å². The van der Waals surface area contributed by atoms with Crippen LogP contribution in [-0.2, 0) is 13.0 Å². The van der Waals surface area contributed by atoms with Gasteiger partial charge in [0.25, 0.3) is 0 Å². The van der Waals surface area contributed by atoms with Crippen LogP contribution in [0.4, 0.5) is 5.95 Å². The van der Waals surface area contributed by atoms with Crippen LogP contribution in [0.3, 0.4) is 0 Å². The highest BCUT2D eigenvalue weighted by Gasteiger charge is 2.31. The molecule has 3 heterocycles. The van der Waals surface area contributed by atoms with Crippen LogP contribution >= 0.6 is 0 Å². The number of hydrogen-bond acceptors (Lipinski definition) is 6. The number of nitrogens with zero attached hydrogens (tertiary/aromatic N) is 5. The van der Waals surface area contributed by atoms with E-state index in [1.54, 1.807) is 0 Å². The molecule has 1 aliphatic rings. The second-order valence-corrected chi connectivity index (χ2v) is 6.55. The molecule has 2 aromatic rings. The number of H-pyrrole nitrogens is 1. The maximum atomic E-state index is 10.3. The molecule has 124 valence electrons. The fourth-order valence-corrected chi connectivity index (χ4v) is 3.04. The van der Waals surface area contributed by atoms with E-state index in [0.29, 0.717) is 12.5 Å². The molecule has 1 aliphatic heterocycles. The quantitative estimate of drug-likeness (QED) is 0.841. The molecule has 7 nitrogen and oxygen atoms in total. The van der Waals surface area contributed by atoms with Crippen LogP contribution in [0.15, 0.2) is 18.5 Å². The molecule has 0 amide bonds. The minimum atomic E-state index is -0.311. The van der Waals surface area contributed by atoms with E-state index in [2.05, 4.69) is 25.1 Å². The number of hydrogen-bond donors (Lipinski definition) is 2. The summed E-state index contributed by atoms with van der Waals surface area (Å²) >= 11 is 0. The number of aliphatic hydroxyl groups excluding tert-OH is 1. The predicted molar refractivity (Wildman–Crippen MR) is 88.2 cm³/mol. The van der Waals surface area contributed by atoms with Crippen molar-refractivity contribution in [1.29, 1.82) is 0 Å². The molecule has 0 radical (unpaired) electrons. The highest BCUT2D eigenvalue weighted by molar-refractivity contribution is 5.26. The van der Waals surface area contributed by atoms with Crippen molar-refractivity contribution < 1.29 is 5.11 Å². The molecule has 2 atom stereocenters. The van der Waals surface area contributed by atoms with E-state index in [1.165, 1.54) is 0 Å². The largest absolute Gasteiger partial charge is 0.391 e. The Morgan fingerprint density at radius 2 is 2.04 bits per heavy atom. The van der Waals surface area contributed by atoms with Gasteiger partial charge in [0.05, 0.1) is 11.8 Å². The van der Waals surface area contributed by atoms with E-state index >= 15 is 0 Å². The number of anilines is 1. The molecule has 7 heteroatoms. The first-order valence-corrected chi connectivity index (χ1v) is 7.91. The molecule has 0 aromatic carbocycles. The normalized spacial score (nSPS) is 21.7. The number of aromatic amines is 1. The molecule has 2 N–H and O–H groups in total. The molecule has 23 heavy (non-hydrogen) atoms. The lowest BCUT2D eigenvalue weighted by Crippen LogP contribution is -2.22. The van der Waals surface area contributed by atoms with Crippen molar-refractivity contribution in [3.05, 3.63) is 35.4 Å². The highest BCUT2D eigenvalue weighted by atomic mass is 16.3. The van der Waals surface area contributed by atoms with E-state index < -0.39 is 0 Å². The van der Waals surface area contributed by atoms with Gasteiger partial charge in [-0.2, -0.15) is 5.10 Å². The number of aromatic nitrogens is 4. The van der Waals surface area contributed by atoms with Gasteiger partial charge in [0, 0.05) is 63.3 Å². The summed E-state index contributed by atoms with van der Waals surface area (Å²) in [4.78, 5) is 12.8. The monoisotopic (exact) mass is 316 g/mol. The molecule has 0 aliphatic carbocycles. The lowest BCUT2D eigenvalue weighted by atomic mass is 10.0. The topological polar surface area (TPSA) is 81.2 Å².